The zero-order valence-corrected chi connectivity index (χ0v) is 19.3. The summed E-state index contributed by atoms with van der Waals surface area (Å²) in [5, 5.41) is 9.29. The first-order chi connectivity index (χ1) is 15.6. The van der Waals surface area contributed by atoms with Gasteiger partial charge in [-0.2, -0.15) is 5.10 Å². The van der Waals surface area contributed by atoms with Crippen LogP contribution in [0.5, 0.6) is 0 Å². The minimum absolute atomic E-state index is 0.0243. The Hall–Kier alpha value is -2.63. The number of thiophene rings is 1. The van der Waals surface area contributed by atoms with Crippen LogP contribution in [0.25, 0.3) is 21.3 Å². The Labute approximate surface area is 196 Å². The molecule has 0 unspecified atom stereocenters. The first kappa shape index (κ1) is 20.0. The Morgan fingerprint density at radius 2 is 1.94 bits per heavy atom. The van der Waals surface area contributed by atoms with E-state index < -0.39 is 0 Å². The van der Waals surface area contributed by atoms with Crippen molar-refractivity contribution in [3.63, 3.8) is 0 Å². The number of rotatable bonds is 5. The quantitative estimate of drug-likeness (QED) is 0.367. The monoisotopic (exact) mass is 461 g/mol. The highest BCUT2D eigenvalue weighted by molar-refractivity contribution is 7.15. The Morgan fingerprint density at radius 1 is 1.12 bits per heavy atom. The number of carbonyl (C=O) groups is 1. The van der Waals surface area contributed by atoms with E-state index in [0.29, 0.717) is 22.5 Å². The topological polar surface area (TPSA) is 46.9 Å². The molecule has 0 atom stereocenters. The summed E-state index contributed by atoms with van der Waals surface area (Å²) in [7, 11) is 0. The minimum Gasteiger partial charge on any atom is -0.349 e. The largest absolute Gasteiger partial charge is 0.349 e. The van der Waals surface area contributed by atoms with Crippen LogP contribution in [0.4, 0.5) is 0 Å². The molecule has 2 aromatic heterocycles. The van der Waals surface area contributed by atoms with Crippen molar-refractivity contribution in [2.24, 2.45) is 5.41 Å². The van der Waals surface area contributed by atoms with E-state index in [-0.39, 0.29) is 11.9 Å². The van der Waals surface area contributed by atoms with Crippen LogP contribution < -0.4 is 5.32 Å². The second-order valence-corrected chi connectivity index (χ2v) is 10.8. The molecule has 2 saturated carbocycles. The summed E-state index contributed by atoms with van der Waals surface area (Å²) in [6.45, 7) is 0.605. The molecule has 32 heavy (non-hydrogen) atoms. The van der Waals surface area contributed by atoms with E-state index in [9.17, 15) is 4.79 Å². The molecule has 0 bridgehead atoms. The molecular formula is C26H24ClN3OS. The predicted molar refractivity (Wildman–Crippen MR) is 130 cm³/mol. The molecule has 0 aliphatic heterocycles. The van der Waals surface area contributed by atoms with Gasteiger partial charge in [-0.3, -0.25) is 9.48 Å². The number of aromatic nitrogens is 2. The Kier molecular flexibility index (Phi) is 4.85. The lowest BCUT2D eigenvalue weighted by molar-refractivity contribution is -0.000603. The van der Waals surface area contributed by atoms with Crippen LogP contribution in [0, 0.1) is 5.41 Å². The SMILES string of the molecule is O=C(NC1CC2(CCC2)C1)c1ccc(Cl)c2cnn(Cc3ccc(-c4ccccc4)s3)c12. The lowest BCUT2D eigenvalue weighted by Gasteiger charge is -2.54. The van der Waals surface area contributed by atoms with E-state index in [0.717, 1.165) is 23.7 Å². The van der Waals surface area contributed by atoms with Crippen molar-refractivity contribution in [3.05, 3.63) is 76.3 Å². The number of nitrogens with one attached hydrogen (secondary N) is 1. The Bertz CT molecular complexity index is 1300. The summed E-state index contributed by atoms with van der Waals surface area (Å²) in [5.41, 5.74) is 3.20. The molecule has 2 heterocycles. The highest BCUT2D eigenvalue weighted by Gasteiger charge is 2.48. The summed E-state index contributed by atoms with van der Waals surface area (Å²) in [6, 6.07) is 18.6. The van der Waals surface area contributed by atoms with Gasteiger partial charge in [0.2, 0.25) is 0 Å². The number of halogens is 1. The van der Waals surface area contributed by atoms with Gasteiger partial charge in [-0.1, -0.05) is 48.4 Å². The van der Waals surface area contributed by atoms with Crippen molar-refractivity contribution in [1.82, 2.24) is 15.1 Å². The van der Waals surface area contributed by atoms with Gasteiger partial charge in [-0.15, -0.1) is 11.3 Å². The average Bonchev–Trinajstić information content (AvgIpc) is 3.38. The maximum atomic E-state index is 13.2. The third-order valence-corrected chi connectivity index (χ3v) is 8.58. The third-order valence-electron chi connectivity index (χ3n) is 7.13. The second kappa shape index (κ2) is 7.75. The molecule has 0 radical (unpaired) electrons. The number of amides is 1. The van der Waals surface area contributed by atoms with Crippen LogP contribution in [-0.4, -0.2) is 21.7 Å². The second-order valence-electron chi connectivity index (χ2n) is 9.22. The van der Waals surface area contributed by atoms with Crippen molar-refractivity contribution in [3.8, 4) is 10.4 Å². The van der Waals surface area contributed by atoms with Gasteiger partial charge in [0.1, 0.15) is 0 Å². The molecule has 4 nitrogen and oxygen atoms in total. The van der Waals surface area contributed by atoms with Crippen molar-refractivity contribution in [2.45, 2.75) is 44.7 Å². The van der Waals surface area contributed by atoms with E-state index >= 15 is 0 Å². The molecule has 2 aromatic carbocycles. The molecule has 6 rings (SSSR count). The van der Waals surface area contributed by atoms with Gasteiger partial charge >= 0.3 is 0 Å². The maximum absolute atomic E-state index is 13.2. The van der Waals surface area contributed by atoms with Crippen LogP contribution in [0.1, 0.15) is 47.3 Å². The van der Waals surface area contributed by atoms with E-state index in [1.165, 1.54) is 34.6 Å². The number of hydrogen-bond donors (Lipinski definition) is 1. The predicted octanol–water partition coefficient (Wildman–Crippen LogP) is 6.53. The van der Waals surface area contributed by atoms with Gasteiger partial charge < -0.3 is 5.32 Å². The van der Waals surface area contributed by atoms with Gasteiger partial charge in [0.15, 0.2) is 0 Å². The summed E-state index contributed by atoms with van der Waals surface area (Å²) in [4.78, 5) is 15.6. The molecule has 1 spiro atoms. The summed E-state index contributed by atoms with van der Waals surface area (Å²) < 4.78 is 1.91. The van der Waals surface area contributed by atoms with Crippen molar-refractivity contribution in [1.29, 1.82) is 0 Å². The van der Waals surface area contributed by atoms with Gasteiger partial charge in [-0.25, -0.2) is 0 Å². The molecule has 2 fully saturated rings. The molecular weight excluding hydrogens is 438 g/mol. The molecule has 2 aliphatic carbocycles. The summed E-state index contributed by atoms with van der Waals surface area (Å²) in [6.07, 6.45) is 7.99. The molecule has 0 saturated heterocycles. The smallest absolute Gasteiger partial charge is 0.253 e. The lowest BCUT2D eigenvalue weighted by atomic mass is 9.54. The number of nitrogens with zero attached hydrogens (tertiary/aromatic N) is 2. The third kappa shape index (κ3) is 3.44. The molecule has 1 N–H and O–H groups in total. The van der Waals surface area contributed by atoms with Crippen LogP contribution in [0.15, 0.2) is 60.8 Å². The minimum atomic E-state index is -0.0243. The normalized spacial score (nSPS) is 17.3. The Balaban J connectivity index is 1.27. The molecule has 162 valence electrons. The van der Waals surface area contributed by atoms with Crippen molar-refractivity contribution < 1.29 is 4.79 Å². The van der Waals surface area contributed by atoms with Gasteiger partial charge in [0, 0.05) is 21.2 Å². The van der Waals surface area contributed by atoms with E-state index in [1.807, 2.05) is 16.8 Å². The number of benzene rings is 2. The Morgan fingerprint density at radius 3 is 2.69 bits per heavy atom. The van der Waals surface area contributed by atoms with Gasteiger partial charge in [0.25, 0.3) is 5.91 Å². The van der Waals surface area contributed by atoms with Gasteiger partial charge in [-0.05, 0) is 60.9 Å². The first-order valence-corrected chi connectivity index (χ1v) is 12.4. The van der Waals surface area contributed by atoms with Gasteiger partial charge in [0.05, 0.1) is 28.8 Å². The molecule has 1 amide bonds. The number of fused-ring (bicyclic) bond motifs is 1. The first-order valence-electron chi connectivity index (χ1n) is 11.2. The van der Waals surface area contributed by atoms with Crippen LogP contribution in [0.3, 0.4) is 0 Å². The molecule has 2 aliphatic rings. The standard InChI is InChI=1S/C26H24ClN3OS/c27-22-9-8-20(25(31)29-18-13-26(14-18)11-4-12-26)24-21(22)15-28-30(24)16-19-7-10-23(32-19)17-5-2-1-3-6-17/h1-3,5-10,15,18H,4,11-14,16H2,(H,29,31). The maximum Gasteiger partial charge on any atom is 0.253 e. The van der Waals surface area contributed by atoms with E-state index in [1.54, 1.807) is 23.6 Å². The average molecular weight is 462 g/mol. The van der Waals surface area contributed by atoms with Crippen LogP contribution >= 0.6 is 22.9 Å². The van der Waals surface area contributed by atoms with Crippen molar-refractivity contribution >= 4 is 39.7 Å². The summed E-state index contributed by atoms with van der Waals surface area (Å²) in [5.74, 6) is -0.0243. The fourth-order valence-corrected chi connectivity index (χ4v) is 6.47. The fraction of sp³-hybridized carbons (Fsp3) is 0.308. The highest BCUT2D eigenvalue weighted by atomic mass is 35.5. The molecule has 4 aromatic rings. The van der Waals surface area contributed by atoms with Crippen molar-refractivity contribution in [2.75, 3.05) is 0 Å². The van der Waals surface area contributed by atoms with Crippen LogP contribution in [0.2, 0.25) is 5.02 Å². The van der Waals surface area contributed by atoms with Crippen LogP contribution in [-0.2, 0) is 6.54 Å². The lowest BCUT2D eigenvalue weighted by Crippen LogP contribution is -2.53. The van der Waals surface area contributed by atoms with E-state index in [2.05, 4.69) is 46.8 Å². The zero-order chi connectivity index (χ0) is 21.7. The zero-order valence-electron chi connectivity index (χ0n) is 17.7. The molecule has 6 heteroatoms. The highest BCUT2D eigenvalue weighted by Crippen LogP contribution is 2.55. The van der Waals surface area contributed by atoms with E-state index in [4.69, 9.17) is 11.6 Å². The number of carbonyl (C=O) groups excluding carboxylic acids is 1. The summed E-state index contributed by atoms with van der Waals surface area (Å²) >= 11 is 8.21. The number of hydrogen-bond acceptors (Lipinski definition) is 3. The fourth-order valence-electron chi connectivity index (χ4n) is 5.28.